The largest absolute Gasteiger partial charge is 0.368 e. The molecular weight excluding hydrogens is 283 g/mol. The summed E-state index contributed by atoms with van der Waals surface area (Å²) in [6.45, 7) is 0.911. The molecule has 2 atom stereocenters. The van der Waals surface area contributed by atoms with E-state index in [4.69, 9.17) is 23.2 Å². The topological polar surface area (TPSA) is 41.0 Å². The Kier molecular flexibility index (Phi) is 3.83. The summed E-state index contributed by atoms with van der Waals surface area (Å²) in [7, 11) is 2.26. The number of anilines is 1. The van der Waals surface area contributed by atoms with Crippen molar-refractivity contribution >= 4 is 29.0 Å². The van der Waals surface area contributed by atoms with Crippen molar-refractivity contribution in [3.05, 3.63) is 16.5 Å². The molecule has 1 N–H and O–H groups in total. The fourth-order valence-corrected chi connectivity index (χ4v) is 3.69. The van der Waals surface area contributed by atoms with E-state index < -0.39 is 0 Å². The van der Waals surface area contributed by atoms with Gasteiger partial charge in [0, 0.05) is 18.6 Å². The van der Waals surface area contributed by atoms with Gasteiger partial charge in [-0.15, -0.1) is 0 Å². The molecule has 3 rings (SSSR count). The van der Waals surface area contributed by atoms with E-state index in [2.05, 4.69) is 27.2 Å². The number of piperidine rings is 1. The molecule has 104 valence electrons. The summed E-state index contributed by atoms with van der Waals surface area (Å²) in [5.74, 6) is 1.34. The van der Waals surface area contributed by atoms with Crippen molar-refractivity contribution in [2.24, 2.45) is 5.92 Å². The summed E-state index contributed by atoms with van der Waals surface area (Å²) < 4.78 is 0. The first-order chi connectivity index (χ1) is 9.13. The molecule has 0 spiro atoms. The summed E-state index contributed by atoms with van der Waals surface area (Å²) >= 11 is 11.8. The molecular formula is C13H18Cl2N4. The summed E-state index contributed by atoms with van der Waals surface area (Å²) in [4.78, 5) is 10.5. The molecule has 2 unspecified atom stereocenters. The van der Waals surface area contributed by atoms with Crippen LogP contribution in [0.4, 0.5) is 5.82 Å². The third-order valence-electron chi connectivity index (χ3n) is 4.47. The van der Waals surface area contributed by atoms with Crippen LogP contribution < -0.4 is 5.32 Å². The van der Waals surface area contributed by atoms with Crippen molar-refractivity contribution < 1.29 is 0 Å². The van der Waals surface area contributed by atoms with E-state index in [9.17, 15) is 0 Å². The molecule has 3 heterocycles. The Morgan fingerprint density at radius 1 is 1.32 bits per heavy atom. The zero-order valence-corrected chi connectivity index (χ0v) is 12.5. The van der Waals surface area contributed by atoms with Crippen LogP contribution in [-0.2, 0) is 0 Å². The van der Waals surface area contributed by atoms with Crippen LogP contribution in [0.1, 0.15) is 25.7 Å². The maximum atomic E-state index is 6.05. The Morgan fingerprint density at radius 2 is 2.00 bits per heavy atom. The van der Waals surface area contributed by atoms with Crippen LogP contribution in [0.15, 0.2) is 6.20 Å². The second-order valence-corrected chi connectivity index (χ2v) is 6.35. The SMILES string of the molecule is CN1C2CCC1CC(CNc1nc(Cl)ncc1Cl)C2. The van der Waals surface area contributed by atoms with Gasteiger partial charge in [0.05, 0.1) is 6.20 Å². The van der Waals surface area contributed by atoms with Gasteiger partial charge in [-0.2, -0.15) is 4.98 Å². The van der Waals surface area contributed by atoms with Gasteiger partial charge in [-0.05, 0) is 50.2 Å². The van der Waals surface area contributed by atoms with E-state index in [1.54, 1.807) is 0 Å². The van der Waals surface area contributed by atoms with Crippen LogP contribution in [-0.4, -0.2) is 40.5 Å². The van der Waals surface area contributed by atoms with E-state index >= 15 is 0 Å². The minimum absolute atomic E-state index is 0.232. The molecule has 0 aliphatic carbocycles. The Hall–Kier alpha value is -0.580. The van der Waals surface area contributed by atoms with Crippen LogP contribution in [0.3, 0.4) is 0 Å². The van der Waals surface area contributed by atoms with E-state index in [0.29, 0.717) is 16.8 Å². The molecule has 19 heavy (non-hydrogen) atoms. The zero-order chi connectivity index (χ0) is 13.4. The van der Waals surface area contributed by atoms with Crippen LogP contribution >= 0.6 is 23.2 Å². The fraction of sp³-hybridized carbons (Fsp3) is 0.692. The Labute approximate surface area is 123 Å². The molecule has 2 aliphatic rings. The number of rotatable bonds is 3. The normalized spacial score (nSPS) is 30.6. The van der Waals surface area contributed by atoms with Gasteiger partial charge in [-0.3, -0.25) is 0 Å². The van der Waals surface area contributed by atoms with Gasteiger partial charge in [-0.1, -0.05) is 11.6 Å². The molecule has 2 saturated heterocycles. The highest BCUT2D eigenvalue weighted by Gasteiger charge is 2.38. The number of halogens is 2. The molecule has 0 saturated carbocycles. The summed E-state index contributed by atoms with van der Waals surface area (Å²) in [6, 6.07) is 1.52. The molecule has 2 fully saturated rings. The highest BCUT2D eigenvalue weighted by Crippen LogP contribution is 2.37. The monoisotopic (exact) mass is 300 g/mol. The van der Waals surface area contributed by atoms with Crippen LogP contribution in [0.5, 0.6) is 0 Å². The summed E-state index contributed by atoms with van der Waals surface area (Å²) in [6.07, 6.45) is 6.75. The van der Waals surface area contributed by atoms with Crippen molar-refractivity contribution in [2.45, 2.75) is 37.8 Å². The lowest BCUT2D eigenvalue weighted by atomic mass is 9.91. The van der Waals surface area contributed by atoms with Gasteiger partial charge < -0.3 is 10.2 Å². The summed E-state index contributed by atoms with van der Waals surface area (Å²) in [5, 5.41) is 4.08. The third kappa shape index (κ3) is 2.81. The van der Waals surface area contributed by atoms with E-state index in [-0.39, 0.29) is 5.28 Å². The van der Waals surface area contributed by atoms with Crippen molar-refractivity contribution in [1.29, 1.82) is 0 Å². The second-order valence-electron chi connectivity index (χ2n) is 5.60. The Bertz CT molecular complexity index is 454. The van der Waals surface area contributed by atoms with Gasteiger partial charge in [0.2, 0.25) is 5.28 Å². The second kappa shape index (κ2) is 5.43. The number of hydrogen-bond donors (Lipinski definition) is 1. The average molecular weight is 301 g/mol. The lowest BCUT2D eigenvalue weighted by Crippen LogP contribution is -2.41. The maximum Gasteiger partial charge on any atom is 0.224 e. The van der Waals surface area contributed by atoms with Gasteiger partial charge in [0.25, 0.3) is 0 Å². The average Bonchev–Trinajstić information content (AvgIpc) is 2.63. The molecule has 0 aromatic carbocycles. The molecule has 2 aliphatic heterocycles. The first-order valence-corrected chi connectivity index (χ1v) is 7.53. The van der Waals surface area contributed by atoms with Crippen molar-refractivity contribution in [2.75, 3.05) is 18.9 Å². The van der Waals surface area contributed by atoms with Crippen LogP contribution in [0, 0.1) is 5.92 Å². The third-order valence-corrected chi connectivity index (χ3v) is 4.93. The first-order valence-electron chi connectivity index (χ1n) is 6.77. The zero-order valence-electron chi connectivity index (χ0n) is 10.9. The standard InChI is InChI=1S/C13H18Cl2N4/c1-19-9-2-3-10(19)5-8(4-9)6-16-12-11(14)7-17-13(15)18-12/h7-10H,2-6H2,1H3,(H,16,17,18). The van der Waals surface area contributed by atoms with Gasteiger partial charge in [0.1, 0.15) is 10.8 Å². The van der Waals surface area contributed by atoms with Gasteiger partial charge in [0.15, 0.2) is 0 Å². The maximum absolute atomic E-state index is 6.05. The lowest BCUT2D eigenvalue weighted by molar-refractivity contribution is 0.139. The quantitative estimate of drug-likeness (QED) is 0.871. The molecule has 0 radical (unpaired) electrons. The van der Waals surface area contributed by atoms with E-state index in [0.717, 1.165) is 18.6 Å². The van der Waals surface area contributed by atoms with Crippen molar-refractivity contribution in [3.63, 3.8) is 0 Å². The number of fused-ring (bicyclic) bond motifs is 2. The Balaban J connectivity index is 1.60. The fourth-order valence-electron chi connectivity index (χ4n) is 3.40. The molecule has 6 heteroatoms. The lowest BCUT2D eigenvalue weighted by Gasteiger charge is -2.36. The highest BCUT2D eigenvalue weighted by molar-refractivity contribution is 6.33. The number of aromatic nitrogens is 2. The smallest absolute Gasteiger partial charge is 0.224 e. The summed E-state index contributed by atoms with van der Waals surface area (Å²) in [5.41, 5.74) is 0. The van der Waals surface area contributed by atoms with E-state index in [1.807, 2.05) is 0 Å². The molecule has 0 amide bonds. The van der Waals surface area contributed by atoms with Gasteiger partial charge in [-0.25, -0.2) is 4.98 Å². The minimum atomic E-state index is 0.232. The number of nitrogens with one attached hydrogen (secondary N) is 1. The number of nitrogens with zero attached hydrogens (tertiary/aromatic N) is 3. The molecule has 1 aromatic rings. The van der Waals surface area contributed by atoms with Crippen LogP contribution in [0.2, 0.25) is 10.3 Å². The molecule has 4 nitrogen and oxygen atoms in total. The van der Waals surface area contributed by atoms with Gasteiger partial charge >= 0.3 is 0 Å². The van der Waals surface area contributed by atoms with E-state index in [1.165, 1.54) is 31.9 Å². The molecule has 2 bridgehead atoms. The predicted molar refractivity (Wildman–Crippen MR) is 77.8 cm³/mol. The minimum Gasteiger partial charge on any atom is -0.368 e. The molecule has 1 aromatic heterocycles. The number of hydrogen-bond acceptors (Lipinski definition) is 4. The highest BCUT2D eigenvalue weighted by atomic mass is 35.5. The van der Waals surface area contributed by atoms with Crippen molar-refractivity contribution in [1.82, 2.24) is 14.9 Å². The van der Waals surface area contributed by atoms with Crippen molar-refractivity contribution in [3.8, 4) is 0 Å². The predicted octanol–water partition coefficient (Wildman–Crippen LogP) is 3.07. The Morgan fingerprint density at radius 3 is 2.68 bits per heavy atom. The first kappa shape index (κ1) is 13.4. The van der Waals surface area contributed by atoms with Crippen LogP contribution in [0.25, 0.3) is 0 Å².